The van der Waals surface area contributed by atoms with Crippen molar-refractivity contribution in [1.29, 1.82) is 0 Å². The second kappa shape index (κ2) is 54.9. The molecule has 0 aromatic rings. The highest BCUT2D eigenvalue weighted by Crippen LogP contribution is 2.11. The standard InChI is InChI=1S/C63H90O6/c1-4-7-10-13-16-19-22-25-28-30-31-33-35-38-41-44-47-50-53-56-62(65)68-59-60(58-67-61(64)55-52-49-46-43-40-37-34-27-24-21-18-15-12-9-6-3)69-63(66)57-54-51-48-45-42-39-36-32-29-26-23-20-17-14-11-8-5-2/h7-12,14-21,23-29,31-34,36,38-39,41-42,47,50,60H,4-6,13,22,30,35,37,40,43-46,48-49,51-59H2,1-3H3/b10-7-,11-8-,12-9-,17-14-,18-15-,19-16-,23-20-,24-21-,28-25-,29-26-,33-31-,34-27-,36-32+,41-38-,42-39-,50-47-. The lowest BCUT2D eigenvalue weighted by Gasteiger charge is -2.18. The number of carbonyl (C=O) groups excluding carboxylic acids is 3. The monoisotopic (exact) mass is 943 g/mol. The van der Waals surface area contributed by atoms with Gasteiger partial charge in [-0.2, -0.15) is 0 Å². The molecule has 378 valence electrons. The summed E-state index contributed by atoms with van der Waals surface area (Å²) in [6, 6.07) is 0. The summed E-state index contributed by atoms with van der Waals surface area (Å²) in [7, 11) is 0. The van der Waals surface area contributed by atoms with Crippen molar-refractivity contribution in [3.63, 3.8) is 0 Å². The van der Waals surface area contributed by atoms with E-state index in [2.05, 4.69) is 118 Å². The molecular weight excluding hydrogens is 853 g/mol. The molecule has 0 aromatic carbocycles. The first kappa shape index (κ1) is 63.2. The lowest BCUT2D eigenvalue weighted by Crippen LogP contribution is -2.30. The predicted molar refractivity (Wildman–Crippen MR) is 297 cm³/mol. The molecule has 0 spiro atoms. The molecule has 0 aliphatic carbocycles. The number of ether oxygens (including phenoxy) is 3. The molecule has 1 atom stereocenters. The van der Waals surface area contributed by atoms with Crippen molar-refractivity contribution in [1.82, 2.24) is 0 Å². The van der Waals surface area contributed by atoms with Gasteiger partial charge in [0.25, 0.3) is 0 Å². The highest BCUT2D eigenvalue weighted by Gasteiger charge is 2.19. The smallest absolute Gasteiger partial charge is 0.306 e. The summed E-state index contributed by atoms with van der Waals surface area (Å²) in [5, 5.41) is 0. The number of esters is 3. The van der Waals surface area contributed by atoms with E-state index in [4.69, 9.17) is 14.2 Å². The Bertz CT molecular complexity index is 1750. The predicted octanol–water partition coefficient (Wildman–Crippen LogP) is 17.5. The van der Waals surface area contributed by atoms with Crippen LogP contribution in [0.3, 0.4) is 0 Å². The van der Waals surface area contributed by atoms with Crippen LogP contribution in [0.25, 0.3) is 0 Å². The average molecular weight is 943 g/mol. The molecule has 1 unspecified atom stereocenters. The number of hydrogen-bond donors (Lipinski definition) is 0. The van der Waals surface area contributed by atoms with Crippen LogP contribution in [-0.2, 0) is 28.6 Å². The lowest BCUT2D eigenvalue weighted by atomic mass is 10.1. The van der Waals surface area contributed by atoms with E-state index in [0.29, 0.717) is 19.3 Å². The summed E-state index contributed by atoms with van der Waals surface area (Å²) < 4.78 is 16.7. The Morgan fingerprint density at radius 1 is 0.304 bits per heavy atom. The molecule has 6 nitrogen and oxygen atoms in total. The minimum atomic E-state index is -0.855. The van der Waals surface area contributed by atoms with Crippen molar-refractivity contribution in [3.8, 4) is 0 Å². The summed E-state index contributed by atoms with van der Waals surface area (Å²) in [4.78, 5) is 38.0. The first-order chi connectivity index (χ1) is 34.0. The first-order valence-electron chi connectivity index (χ1n) is 26.1. The third-order valence-corrected chi connectivity index (χ3v) is 9.84. The molecule has 0 bridgehead atoms. The van der Waals surface area contributed by atoms with E-state index in [1.807, 2.05) is 97.2 Å². The molecule has 6 heteroatoms. The van der Waals surface area contributed by atoms with Crippen molar-refractivity contribution >= 4 is 17.9 Å². The van der Waals surface area contributed by atoms with E-state index >= 15 is 0 Å². The maximum absolute atomic E-state index is 12.8. The van der Waals surface area contributed by atoms with Crippen molar-refractivity contribution in [3.05, 3.63) is 194 Å². The summed E-state index contributed by atoms with van der Waals surface area (Å²) in [5.41, 5.74) is 0. The van der Waals surface area contributed by atoms with Gasteiger partial charge in [-0.25, -0.2) is 0 Å². The fourth-order valence-electron chi connectivity index (χ4n) is 6.04. The van der Waals surface area contributed by atoms with Gasteiger partial charge in [0.15, 0.2) is 6.10 Å². The fraction of sp³-hybridized carbons (Fsp3) is 0.444. The quantitative estimate of drug-likeness (QED) is 0.0199. The minimum Gasteiger partial charge on any atom is -0.462 e. The van der Waals surface area contributed by atoms with E-state index in [1.165, 1.54) is 0 Å². The van der Waals surface area contributed by atoms with Crippen molar-refractivity contribution < 1.29 is 28.6 Å². The van der Waals surface area contributed by atoms with Gasteiger partial charge in [-0.15, -0.1) is 0 Å². The van der Waals surface area contributed by atoms with Gasteiger partial charge in [0.2, 0.25) is 0 Å². The summed E-state index contributed by atoms with van der Waals surface area (Å²) in [6.07, 6.45) is 84.2. The van der Waals surface area contributed by atoms with Gasteiger partial charge in [0, 0.05) is 19.3 Å². The van der Waals surface area contributed by atoms with E-state index in [0.717, 1.165) is 109 Å². The molecule has 0 radical (unpaired) electrons. The molecule has 0 fully saturated rings. The van der Waals surface area contributed by atoms with Crippen LogP contribution in [0.15, 0.2) is 194 Å². The molecule has 0 N–H and O–H groups in total. The zero-order valence-electron chi connectivity index (χ0n) is 43.0. The molecule has 0 saturated heterocycles. The van der Waals surface area contributed by atoms with Gasteiger partial charge in [-0.3, -0.25) is 14.4 Å². The fourth-order valence-corrected chi connectivity index (χ4v) is 6.04. The number of hydrogen-bond acceptors (Lipinski definition) is 6. The van der Waals surface area contributed by atoms with Crippen molar-refractivity contribution in [2.75, 3.05) is 13.2 Å². The largest absolute Gasteiger partial charge is 0.462 e. The van der Waals surface area contributed by atoms with Gasteiger partial charge in [-0.1, -0.05) is 241 Å². The average Bonchev–Trinajstić information content (AvgIpc) is 3.35. The molecule has 0 aromatic heterocycles. The van der Waals surface area contributed by atoms with Crippen LogP contribution >= 0.6 is 0 Å². The number of unbranched alkanes of at least 4 members (excludes halogenated alkanes) is 8. The summed E-state index contributed by atoms with van der Waals surface area (Å²) >= 11 is 0. The van der Waals surface area contributed by atoms with E-state index in [-0.39, 0.29) is 44.0 Å². The Morgan fingerprint density at radius 2 is 0.623 bits per heavy atom. The Labute approximate surface area is 420 Å². The number of allylic oxidation sites excluding steroid dienone is 32. The highest BCUT2D eigenvalue weighted by molar-refractivity contribution is 5.71. The van der Waals surface area contributed by atoms with Crippen LogP contribution in [0.4, 0.5) is 0 Å². The highest BCUT2D eigenvalue weighted by atomic mass is 16.6. The summed E-state index contributed by atoms with van der Waals surface area (Å²) in [5.74, 6) is -1.12. The number of carbonyl (C=O) groups is 3. The Balaban J connectivity index is 4.69. The third-order valence-electron chi connectivity index (χ3n) is 9.84. The van der Waals surface area contributed by atoms with Crippen LogP contribution in [0.1, 0.15) is 162 Å². The second-order valence-electron chi connectivity index (χ2n) is 16.2. The molecule has 0 amide bonds. The van der Waals surface area contributed by atoms with Crippen LogP contribution in [0.5, 0.6) is 0 Å². The third kappa shape index (κ3) is 53.1. The molecule has 0 saturated carbocycles. The van der Waals surface area contributed by atoms with E-state index in [9.17, 15) is 14.4 Å². The van der Waals surface area contributed by atoms with Crippen LogP contribution < -0.4 is 0 Å². The molecule has 0 aliphatic rings. The molecule has 0 heterocycles. The first-order valence-corrected chi connectivity index (χ1v) is 26.1. The van der Waals surface area contributed by atoms with Crippen LogP contribution in [0.2, 0.25) is 0 Å². The second-order valence-corrected chi connectivity index (χ2v) is 16.2. The van der Waals surface area contributed by atoms with Crippen LogP contribution in [-0.4, -0.2) is 37.2 Å². The zero-order valence-corrected chi connectivity index (χ0v) is 43.0. The molecule has 69 heavy (non-hydrogen) atoms. The topological polar surface area (TPSA) is 78.9 Å². The SMILES string of the molecule is CC\C=C/C=C\C=C/C=C\C=C\C=C/CCCCCC(=O)OC(COC(=O)CC/C=C\C/C=C\C/C=C\C/C=C\C/C=C\C/C=C\CC)COC(=O)CCCCCCC\C=C/C=C\C=C/C=C\CC. The van der Waals surface area contributed by atoms with E-state index < -0.39 is 6.10 Å². The van der Waals surface area contributed by atoms with Crippen LogP contribution in [0, 0.1) is 0 Å². The lowest BCUT2D eigenvalue weighted by molar-refractivity contribution is -0.166. The minimum absolute atomic E-state index is 0.144. The molecule has 0 rings (SSSR count). The Kier molecular flexibility index (Phi) is 50.3. The maximum atomic E-state index is 12.8. The maximum Gasteiger partial charge on any atom is 0.306 e. The van der Waals surface area contributed by atoms with Gasteiger partial charge in [0.1, 0.15) is 13.2 Å². The van der Waals surface area contributed by atoms with E-state index in [1.54, 1.807) is 0 Å². The van der Waals surface area contributed by atoms with Gasteiger partial charge < -0.3 is 14.2 Å². The van der Waals surface area contributed by atoms with Gasteiger partial charge >= 0.3 is 17.9 Å². The zero-order chi connectivity index (χ0) is 50.0. The van der Waals surface area contributed by atoms with Gasteiger partial charge in [-0.05, 0) is 96.3 Å². The van der Waals surface area contributed by atoms with Crippen molar-refractivity contribution in [2.24, 2.45) is 0 Å². The number of rotatable bonds is 43. The summed E-state index contributed by atoms with van der Waals surface area (Å²) in [6.45, 7) is 6.07. The van der Waals surface area contributed by atoms with Crippen molar-refractivity contribution in [2.45, 2.75) is 168 Å². The molecular formula is C63H90O6. The Morgan fingerprint density at radius 3 is 1.06 bits per heavy atom. The normalized spacial score (nSPS) is 13.7. The Hall–Kier alpha value is -5.75. The van der Waals surface area contributed by atoms with Gasteiger partial charge in [0.05, 0.1) is 0 Å². The molecule has 0 aliphatic heterocycles.